The molecule has 0 saturated heterocycles. The number of primary sulfonamides is 1. The van der Waals surface area contributed by atoms with Crippen molar-refractivity contribution in [2.75, 3.05) is 5.32 Å². The first-order valence-electron chi connectivity index (χ1n) is 8.21. The quantitative estimate of drug-likeness (QED) is 0.646. The summed E-state index contributed by atoms with van der Waals surface area (Å²) in [4.78, 5) is 12.3. The van der Waals surface area contributed by atoms with Crippen LogP contribution in [0.15, 0.2) is 71.6 Å². The van der Waals surface area contributed by atoms with Gasteiger partial charge in [-0.1, -0.05) is 23.7 Å². The number of rotatable bonds is 5. The number of hydrogen-bond acceptors (Lipinski definition) is 4. The molecule has 6 nitrogen and oxygen atoms in total. The van der Waals surface area contributed by atoms with Crippen molar-refractivity contribution in [2.24, 2.45) is 5.14 Å². The lowest BCUT2D eigenvalue weighted by atomic mass is 10.2. The first-order chi connectivity index (χ1) is 13.2. The molecule has 0 heterocycles. The molecule has 3 N–H and O–H groups in total. The average molecular weight is 417 g/mol. The number of nitrogens with two attached hydrogens (primary N) is 1. The van der Waals surface area contributed by atoms with Crippen LogP contribution >= 0.6 is 11.6 Å². The summed E-state index contributed by atoms with van der Waals surface area (Å²) in [5, 5.41) is 7.88. The van der Waals surface area contributed by atoms with E-state index >= 15 is 0 Å². The molecular formula is C20H17ClN2O4S. The maximum atomic E-state index is 12.5. The zero-order valence-corrected chi connectivity index (χ0v) is 16.4. The van der Waals surface area contributed by atoms with Crippen LogP contribution in [0.25, 0.3) is 0 Å². The minimum atomic E-state index is -3.94. The Hall–Kier alpha value is -2.87. The zero-order valence-electron chi connectivity index (χ0n) is 14.8. The minimum absolute atomic E-state index is 0.00767. The van der Waals surface area contributed by atoms with E-state index in [4.69, 9.17) is 21.5 Å². The van der Waals surface area contributed by atoms with Crippen LogP contribution in [0.4, 0.5) is 5.69 Å². The van der Waals surface area contributed by atoms with Gasteiger partial charge >= 0.3 is 0 Å². The minimum Gasteiger partial charge on any atom is -0.457 e. The molecule has 0 saturated carbocycles. The lowest BCUT2D eigenvalue weighted by molar-refractivity contribution is 0.102. The smallest absolute Gasteiger partial charge is 0.257 e. The molecule has 28 heavy (non-hydrogen) atoms. The number of anilines is 1. The average Bonchev–Trinajstić information content (AvgIpc) is 2.62. The van der Waals surface area contributed by atoms with Gasteiger partial charge in [0, 0.05) is 5.69 Å². The van der Waals surface area contributed by atoms with Gasteiger partial charge in [0.25, 0.3) is 5.91 Å². The molecule has 3 rings (SSSR count). The van der Waals surface area contributed by atoms with E-state index in [1.165, 1.54) is 12.1 Å². The van der Waals surface area contributed by atoms with Crippen molar-refractivity contribution in [3.8, 4) is 11.5 Å². The number of nitrogens with one attached hydrogen (secondary N) is 1. The molecule has 0 aromatic heterocycles. The van der Waals surface area contributed by atoms with Gasteiger partial charge in [0.1, 0.15) is 11.5 Å². The first-order valence-corrected chi connectivity index (χ1v) is 10.1. The van der Waals surface area contributed by atoms with Crippen LogP contribution in [-0.4, -0.2) is 14.3 Å². The summed E-state index contributed by atoms with van der Waals surface area (Å²) in [7, 11) is -3.94. The first kappa shape index (κ1) is 19.9. The molecule has 0 bridgehead atoms. The lowest BCUT2D eigenvalue weighted by Gasteiger charge is -2.10. The van der Waals surface area contributed by atoms with Gasteiger partial charge in [-0.05, 0) is 67.1 Å². The molecule has 0 aliphatic carbocycles. The van der Waals surface area contributed by atoms with Crippen molar-refractivity contribution in [1.82, 2.24) is 0 Å². The second-order valence-electron chi connectivity index (χ2n) is 6.08. The molecule has 0 fully saturated rings. The van der Waals surface area contributed by atoms with Crippen LogP contribution in [-0.2, 0) is 10.0 Å². The van der Waals surface area contributed by atoms with E-state index < -0.39 is 15.9 Å². The Balaban J connectivity index is 1.74. The van der Waals surface area contributed by atoms with E-state index in [1.807, 2.05) is 31.2 Å². The van der Waals surface area contributed by atoms with Crippen LogP contribution in [0.1, 0.15) is 15.9 Å². The third-order valence-electron chi connectivity index (χ3n) is 3.85. The third-order valence-corrected chi connectivity index (χ3v) is 5.09. The highest BCUT2D eigenvalue weighted by atomic mass is 35.5. The van der Waals surface area contributed by atoms with E-state index in [0.717, 1.165) is 11.6 Å². The molecule has 8 heteroatoms. The van der Waals surface area contributed by atoms with Crippen LogP contribution in [0, 0.1) is 6.92 Å². The molecule has 0 unspecified atom stereocenters. The van der Waals surface area contributed by atoms with E-state index in [9.17, 15) is 13.2 Å². The molecule has 0 radical (unpaired) electrons. The standard InChI is InChI=1S/C20H17ClN2O4S/c1-13-3-2-4-16(11-13)27-15-7-5-14(6-8-15)23-20(24)18-12-17(28(22,25)26)9-10-19(18)21/h2-12H,1H3,(H,23,24)(H2,22,25,26). The largest absolute Gasteiger partial charge is 0.457 e. The highest BCUT2D eigenvalue weighted by Crippen LogP contribution is 2.25. The van der Waals surface area contributed by atoms with E-state index in [-0.39, 0.29) is 15.5 Å². The summed E-state index contributed by atoms with van der Waals surface area (Å²) in [5.41, 5.74) is 1.59. The predicted octanol–water partition coefficient (Wildman–Crippen LogP) is 4.34. The number of benzene rings is 3. The van der Waals surface area contributed by atoms with Crippen LogP contribution in [0.3, 0.4) is 0 Å². The highest BCUT2D eigenvalue weighted by molar-refractivity contribution is 7.89. The van der Waals surface area contributed by atoms with E-state index in [2.05, 4.69) is 5.32 Å². The van der Waals surface area contributed by atoms with Gasteiger partial charge in [0.15, 0.2) is 0 Å². The lowest BCUT2D eigenvalue weighted by Crippen LogP contribution is -2.16. The number of ether oxygens (including phenoxy) is 1. The van der Waals surface area contributed by atoms with E-state index in [0.29, 0.717) is 17.2 Å². The van der Waals surface area contributed by atoms with Crippen molar-refractivity contribution in [2.45, 2.75) is 11.8 Å². The maximum absolute atomic E-state index is 12.5. The van der Waals surface area contributed by atoms with Gasteiger partial charge in [-0.15, -0.1) is 0 Å². The van der Waals surface area contributed by atoms with Crippen molar-refractivity contribution in [3.63, 3.8) is 0 Å². The molecule has 0 aliphatic heterocycles. The Bertz CT molecular complexity index is 1130. The number of sulfonamides is 1. The van der Waals surface area contributed by atoms with Crippen LogP contribution < -0.4 is 15.2 Å². The van der Waals surface area contributed by atoms with Gasteiger partial charge in [-0.25, -0.2) is 13.6 Å². The Morgan fingerprint density at radius 3 is 2.36 bits per heavy atom. The Morgan fingerprint density at radius 2 is 1.71 bits per heavy atom. The normalized spacial score (nSPS) is 11.1. The van der Waals surface area contributed by atoms with E-state index in [1.54, 1.807) is 24.3 Å². The summed E-state index contributed by atoms with van der Waals surface area (Å²) in [5.74, 6) is 0.768. The Labute approximate surface area is 168 Å². The van der Waals surface area contributed by atoms with Gasteiger partial charge in [0.2, 0.25) is 10.0 Å². The van der Waals surface area contributed by atoms with Gasteiger partial charge in [0.05, 0.1) is 15.5 Å². The van der Waals surface area contributed by atoms with Crippen molar-refractivity contribution < 1.29 is 17.9 Å². The topological polar surface area (TPSA) is 98.5 Å². The van der Waals surface area contributed by atoms with Crippen molar-refractivity contribution in [3.05, 3.63) is 82.9 Å². The maximum Gasteiger partial charge on any atom is 0.257 e. The molecule has 3 aromatic rings. The number of hydrogen-bond donors (Lipinski definition) is 2. The molecule has 1 amide bonds. The second-order valence-corrected chi connectivity index (χ2v) is 8.05. The summed E-state index contributed by atoms with van der Waals surface area (Å²) in [6.07, 6.45) is 0. The number of amides is 1. The fourth-order valence-corrected chi connectivity index (χ4v) is 3.22. The second kappa shape index (κ2) is 8.02. The SMILES string of the molecule is Cc1cccc(Oc2ccc(NC(=O)c3cc(S(N)(=O)=O)ccc3Cl)cc2)c1. The number of carbonyl (C=O) groups is 1. The third kappa shape index (κ3) is 4.89. The number of aryl methyl sites for hydroxylation is 1. The fourth-order valence-electron chi connectivity index (χ4n) is 2.48. The van der Waals surface area contributed by atoms with Gasteiger partial charge in [-0.2, -0.15) is 0 Å². The summed E-state index contributed by atoms with van der Waals surface area (Å²) < 4.78 is 28.7. The van der Waals surface area contributed by atoms with Gasteiger partial charge < -0.3 is 10.1 Å². The monoisotopic (exact) mass is 416 g/mol. The zero-order chi connectivity index (χ0) is 20.3. The van der Waals surface area contributed by atoms with Crippen molar-refractivity contribution in [1.29, 1.82) is 0 Å². The molecule has 144 valence electrons. The molecule has 0 aliphatic rings. The highest BCUT2D eigenvalue weighted by Gasteiger charge is 2.16. The number of carbonyl (C=O) groups excluding carboxylic acids is 1. The Kier molecular flexibility index (Phi) is 5.69. The van der Waals surface area contributed by atoms with Crippen LogP contribution in [0.2, 0.25) is 5.02 Å². The fraction of sp³-hybridized carbons (Fsp3) is 0.0500. The summed E-state index contributed by atoms with van der Waals surface area (Å²) >= 11 is 6.02. The molecule has 3 aromatic carbocycles. The molecule has 0 spiro atoms. The van der Waals surface area contributed by atoms with Gasteiger partial charge in [-0.3, -0.25) is 4.79 Å². The van der Waals surface area contributed by atoms with Crippen molar-refractivity contribution >= 4 is 33.2 Å². The molecule has 0 atom stereocenters. The summed E-state index contributed by atoms with van der Waals surface area (Å²) in [6, 6.07) is 18.1. The Morgan fingerprint density at radius 1 is 1.00 bits per heavy atom. The summed E-state index contributed by atoms with van der Waals surface area (Å²) in [6.45, 7) is 1.97. The molecular weight excluding hydrogens is 400 g/mol. The van der Waals surface area contributed by atoms with Crippen LogP contribution in [0.5, 0.6) is 11.5 Å². The predicted molar refractivity (Wildman–Crippen MR) is 108 cm³/mol. The number of halogens is 1.